The van der Waals surface area contributed by atoms with Crippen LogP contribution >= 0.6 is 0 Å². The van der Waals surface area contributed by atoms with Gasteiger partial charge in [-0.25, -0.2) is 0 Å². The standard InChI is InChI=1S/C66H84N2.C65H84N2/c1-29-33(5)45(17)61(46(18)34(29)6)67(62-47(19)35(7)30(2)36(8)48(62)20)65-53(25)43(15)59-57(55(65)27)41(13)42(14)58-56(28)66(54(26)44(16)60(58)59)68(63-49(21)37(9)31(3)38(10)50(63)22)64-51(23)39(11)32(4)40(12)52(64)24;1-29-33(5)43(15)59(44(16)34(29)6)66(60-45(17)35(7)30(2)36(8)46(60)18)63-51(23)41(13)55-56-42(14)52(24)64(54(26)58(56)65(27,28)57(55)53(63)25)67(61-47(19)37(9)31(3)38(10)48(61)20)62-49(21)39(11)32(4)40(12)50(62)22/h1-28H3;1-28H3. The number of anilines is 12. The maximum atomic E-state index is 2.74. The Morgan fingerprint density at radius 1 is 0.0963 bits per heavy atom. The number of benzene rings is 13. The smallest absolute Gasteiger partial charge is 0.0529 e. The number of nitrogens with zero attached hydrogens (tertiary/aromatic N) is 4. The number of hydrogen-bond acceptors (Lipinski definition) is 4. The molecule has 1 aliphatic carbocycles. The third-order valence-electron chi connectivity index (χ3n) is 38.5. The van der Waals surface area contributed by atoms with Crippen LogP contribution in [0.1, 0.15) is 325 Å². The number of fused-ring (bicyclic) bond motifs is 6. The summed E-state index contributed by atoms with van der Waals surface area (Å²) in [4.78, 5) is 10.9. The number of aryl methyl sites for hydroxylation is 6. The fraction of sp³-hybridized carbons (Fsp3) is 0.435. The summed E-state index contributed by atoms with van der Waals surface area (Å²) in [6.07, 6.45) is 0. The maximum Gasteiger partial charge on any atom is 0.0529 e. The topological polar surface area (TPSA) is 13.0 Å². The molecule has 0 spiro atoms. The van der Waals surface area contributed by atoms with Crippen molar-refractivity contribution in [2.75, 3.05) is 19.6 Å². The molecule has 0 saturated carbocycles. The van der Waals surface area contributed by atoms with Crippen molar-refractivity contribution in [2.45, 2.75) is 393 Å². The van der Waals surface area contributed by atoms with Gasteiger partial charge in [0.05, 0.1) is 68.2 Å². The molecule has 0 bridgehead atoms. The lowest BCUT2D eigenvalue weighted by molar-refractivity contribution is 0.650. The monoisotopic (exact) mass is 1800 g/mol. The molecule has 0 amide bonds. The Hall–Kier alpha value is -10.4. The fourth-order valence-corrected chi connectivity index (χ4v) is 26.0. The van der Waals surface area contributed by atoms with Crippen LogP contribution in [0.4, 0.5) is 68.2 Å². The fourth-order valence-electron chi connectivity index (χ4n) is 26.0. The van der Waals surface area contributed by atoms with Crippen molar-refractivity contribution >= 4 is 89.8 Å². The molecule has 712 valence electrons. The second-order valence-corrected chi connectivity index (χ2v) is 43.9. The molecule has 0 radical (unpaired) electrons. The highest BCUT2D eigenvalue weighted by molar-refractivity contribution is 6.19. The van der Waals surface area contributed by atoms with Crippen molar-refractivity contribution < 1.29 is 0 Å². The van der Waals surface area contributed by atoms with E-state index in [1.165, 1.54) is 412 Å². The van der Waals surface area contributed by atoms with E-state index >= 15 is 0 Å². The molecule has 135 heavy (non-hydrogen) atoms. The van der Waals surface area contributed by atoms with Gasteiger partial charge in [0.25, 0.3) is 0 Å². The van der Waals surface area contributed by atoms with Crippen LogP contribution in [0, 0.1) is 374 Å². The molecule has 0 heterocycles. The average Bonchev–Trinajstić information content (AvgIpc) is 1.58. The molecular formula is C131H168N4. The Labute approximate surface area is 819 Å². The van der Waals surface area contributed by atoms with E-state index in [1.54, 1.807) is 0 Å². The van der Waals surface area contributed by atoms with Crippen molar-refractivity contribution in [3.8, 4) is 11.1 Å². The lowest BCUT2D eigenvalue weighted by Gasteiger charge is -2.39. The SMILES string of the molecule is Cc1c(C)c(C)c(N(c2c(C)c(C)c(C)c(C)c2C)c2c(C)c(C)c3c(c2C)C(C)(C)c2c(C)c(N(c4c(C)c(C)c(C)c(C)c4C)c4c(C)c(C)c(C)c(C)c4C)c(C)c(C)c2-3)c(C)c1C.Cc1c(C)c(C)c(N(c2c(C)c(C)c(C)c(C)c2C)c2c(C)c(C)c3c(c2C)c(C)c(C)c2c(C)c(N(c4c(C)c(C)c(C)c(C)c4C)c4c(C)c(C)c(C)c(C)c4C)c(C)c(C)c23)c(C)c1C. The van der Waals surface area contributed by atoms with E-state index in [-0.39, 0.29) is 5.41 Å². The van der Waals surface area contributed by atoms with Crippen LogP contribution in [0.15, 0.2) is 0 Å². The van der Waals surface area contributed by atoms with Gasteiger partial charge in [-0.3, -0.25) is 0 Å². The van der Waals surface area contributed by atoms with Crippen LogP contribution in [0.5, 0.6) is 0 Å². The van der Waals surface area contributed by atoms with Gasteiger partial charge >= 0.3 is 0 Å². The summed E-state index contributed by atoms with van der Waals surface area (Å²) in [6.45, 7) is 132. The van der Waals surface area contributed by atoms with Crippen molar-refractivity contribution in [3.63, 3.8) is 0 Å². The van der Waals surface area contributed by atoms with Crippen molar-refractivity contribution in [1.29, 1.82) is 0 Å². The van der Waals surface area contributed by atoms with Gasteiger partial charge in [-0.05, 0) is 718 Å². The summed E-state index contributed by atoms with van der Waals surface area (Å²) in [5, 5.41) is 5.59. The van der Waals surface area contributed by atoms with Gasteiger partial charge in [-0.1, -0.05) is 13.8 Å². The van der Waals surface area contributed by atoms with Crippen LogP contribution in [-0.2, 0) is 5.41 Å². The predicted octanol–water partition coefficient (Wildman–Crippen LogP) is 38.5. The maximum absolute atomic E-state index is 2.74. The van der Waals surface area contributed by atoms with Crippen LogP contribution in [0.3, 0.4) is 0 Å². The Balaban J connectivity index is 0.000000229. The summed E-state index contributed by atoms with van der Waals surface area (Å²) >= 11 is 0. The van der Waals surface area contributed by atoms with Crippen molar-refractivity contribution in [1.82, 2.24) is 0 Å². The van der Waals surface area contributed by atoms with E-state index in [0.717, 1.165) is 0 Å². The van der Waals surface area contributed by atoms with Gasteiger partial charge in [0.2, 0.25) is 0 Å². The molecule has 13 aromatic carbocycles. The molecule has 1 aliphatic rings. The zero-order valence-electron chi connectivity index (χ0n) is 95.3. The first-order valence-electron chi connectivity index (χ1n) is 50.4. The molecule has 0 saturated heterocycles. The van der Waals surface area contributed by atoms with E-state index in [4.69, 9.17) is 0 Å². The zero-order valence-corrected chi connectivity index (χ0v) is 95.3. The quantitative estimate of drug-likeness (QED) is 0.113. The van der Waals surface area contributed by atoms with E-state index in [0.29, 0.717) is 0 Å². The summed E-state index contributed by atoms with van der Waals surface area (Å²) in [5.74, 6) is 0. The summed E-state index contributed by atoms with van der Waals surface area (Å²) in [5.41, 5.74) is 95.6. The molecule has 0 aromatic heterocycles. The van der Waals surface area contributed by atoms with Crippen LogP contribution in [0.2, 0.25) is 0 Å². The van der Waals surface area contributed by atoms with E-state index in [2.05, 4.69) is 407 Å². The molecule has 0 N–H and O–H groups in total. The van der Waals surface area contributed by atoms with Crippen molar-refractivity contribution in [3.05, 3.63) is 312 Å². The first kappa shape index (κ1) is 102. The first-order chi connectivity index (χ1) is 62.4. The Morgan fingerprint density at radius 2 is 0.193 bits per heavy atom. The van der Waals surface area contributed by atoms with Crippen LogP contribution < -0.4 is 19.6 Å². The molecule has 4 heteroatoms. The van der Waals surface area contributed by atoms with Gasteiger partial charge < -0.3 is 19.6 Å². The van der Waals surface area contributed by atoms with Gasteiger partial charge in [-0.15, -0.1) is 0 Å². The summed E-state index contributed by atoms with van der Waals surface area (Å²) < 4.78 is 0. The molecular weight excluding hydrogens is 1630 g/mol. The molecule has 13 aromatic rings. The minimum absolute atomic E-state index is 0.296. The molecule has 0 fully saturated rings. The average molecular weight is 1800 g/mol. The minimum Gasteiger partial charge on any atom is -0.309 e. The highest BCUT2D eigenvalue weighted by Crippen LogP contribution is 2.64. The van der Waals surface area contributed by atoms with Crippen molar-refractivity contribution in [2.24, 2.45) is 0 Å². The highest BCUT2D eigenvalue weighted by atomic mass is 15.2. The summed E-state index contributed by atoms with van der Waals surface area (Å²) in [6, 6.07) is 0. The normalized spacial score (nSPS) is 12.4. The molecule has 4 nitrogen and oxygen atoms in total. The highest BCUT2D eigenvalue weighted by Gasteiger charge is 2.46. The third-order valence-corrected chi connectivity index (χ3v) is 38.5. The third kappa shape index (κ3) is 14.3. The Kier molecular flexibility index (Phi) is 26.6. The largest absolute Gasteiger partial charge is 0.309 e. The van der Waals surface area contributed by atoms with Gasteiger partial charge in [-0.2, -0.15) is 0 Å². The minimum atomic E-state index is -0.296. The lowest BCUT2D eigenvalue weighted by Crippen LogP contribution is -2.25. The van der Waals surface area contributed by atoms with Crippen LogP contribution in [-0.4, -0.2) is 0 Å². The number of hydrogen-bond donors (Lipinski definition) is 0. The van der Waals surface area contributed by atoms with E-state index in [9.17, 15) is 0 Å². The van der Waals surface area contributed by atoms with Gasteiger partial charge in [0.15, 0.2) is 0 Å². The van der Waals surface area contributed by atoms with E-state index in [1.807, 2.05) is 0 Å². The number of rotatable bonds is 12. The lowest BCUT2D eigenvalue weighted by atomic mass is 9.76. The molecule has 0 aliphatic heterocycles. The molecule has 0 atom stereocenters. The predicted molar refractivity (Wildman–Crippen MR) is 600 cm³/mol. The molecule has 0 unspecified atom stereocenters. The van der Waals surface area contributed by atoms with Gasteiger partial charge in [0, 0.05) is 5.41 Å². The Morgan fingerprint density at radius 3 is 0.333 bits per heavy atom. The second kappa shape index (κ2) is 35.2. The zero-order chi connectivity index (χ0) is 102. The van der Waals surface area contributed by atoms with Crippen LogP contribution in [0.25, 0.3) is 32.7 Å². The van der Waals surface area contributed by atoms with Gasteiger partial charge in [0.1, 0.15) is 0 Å². The Bertz CT molecular complexity index is 6520. The summed E-state index contributed by atoms with van der Waals surface area (Å²) in [7, 11) is 0. The first-order valence-corrected chi connectivity index (χ1v) is 50.4. The second-order valence-electron chi connectivity index (χ2n) is 43.9. The van der Waals surface area contributed by atoms with E-state index < -0.39 is 0 Å². The molecule has 14 rings (SSSR count).